The van der Waals surface area contributed by atoms with E-state index in [9.17, 15) is 14.7 Å². The predicted molar refractivity (Wildman–Crippen MR) is 94.1 cm³/mol. The second kappa shape index (κ2) is 8.00. The van der Waals surface area contributed by atoms with Crippen LogP contribution >= 0.6 is 0 Å². The molecule has 7 heteroatoms. The van der Waals surface area contributed by atoms with Crippen molar-refractivity contribution in [3.63, 3.8) is 0 Å². The number of carboxylic acid groups (broad SMARTS) is 1. The van der Waals surface area contributed by atoms with Crippen LogP contribution in [0.2, 0.25) is 0 Å². The van der Waals surface area contributed by atoms with Crippen LogP contribution in [-0.4, -0.2) is 39.0 Å². The van der Waals surface area contributed by atoms with Gasteiger partial charge in [0.25, 0.3) is 5.91 Å². The van der Waals surface area contributed by atoms with Crippen molar-refractivity contribution >= 4 is 17.5 Å². The number of aryl methyl sites for hydroxylation is 1. The normalized spacial score (nSPS) is 13.4. The lowest BCUT2D eigenvalue weighted by atomic mass is 9.99. The van der Waals surface area contributed by atoms with Crippen LogP contribution in [0.1, 0.15) is 50.3 Å². The van der Waals surface area contributed by atoms with Crippen LogP contribution in [0.15, 0.2) is 18.3 Å². The molecule has 2 rings (SSSR count). The van der Waals surface area contributed by atoms with Gasteiger partial charge in [-0.05, 0) is 31.4 Å². The zero-order valence-electron chi connectivity index (χ0n) is 15.1. The second-order valence-electron chi connectivity index (χ2n) is 5.93. The lowest BCUT2D eigenvalue weighted by Gasteiger charge is -2.20. The van der Waals surface area contributed by atoms with Crippen LogP contribution < -0.4 is 10.1 Å². The molecule has 2 heterocycles. The summed E-state index contributed by atoms with van der Waals surface area (Å²) in [7, 11) is 0. The van der Waals surface area contributed by atoms with Gasteiger partial charge in [0, 0.05) is 6.20 Å². The quantitative estimate of drug-likeness (QED) is 0.765. The number of carbonyl (C=O) groups is 2. The van der Waals surface area contributed by atoms with E-state index in [0.29, 0.717) is 42.2 Å². The van der Waals surface area contributed by atoms with Crippen LogP contribution in [0, 0.1) is 5.92 Å². The van der Waals surface area contributed by atoms with E-state index >= 15 is 0 Å². The molecule has 0 aromatic carbocycles. The number of nitrogens with one attached hydrogen (secondary N) is 1. The number of rotatable bonds is 8. The van der Waals surface area contributed by atoms with Crippen LogP contribution in [0.3, 0.4) is 0 Å². The number of hydrogen-bond donors (Lipinski definition) is 2. The standard InChI is InChI=1S/C18H25N3O4/c1-5-11(4)14(18(23)24)20-17(22)15-12(6-2)19-16-13(25-7-3)9-8-10-21(15)16/h8-11,14H,5-7H2,1-4H3,(H,20,22)(H,23,24). The Kier molecular flexibility index (Phi) is 6.01. The third-order valence-electron chi connectivity index (χ3n) is 4.30. The molecule has 2 aromatic rings. The minimum absolute atomic E-state index is 0.176. The summed E-state index contributed by atoms with van der Waals surface area (Å²) >= 11 is 0. The molecular weight excluding hydrogens is 322 g/mol. The summed E-state index contributed by atoms with van der Waals surface area (Å²) < 4.78 is 7.24. The number of imidazole rings is 1. The van der Waals surface area contributed by atoms with E-state index in [1.165, 1.54) is 0 Å². The maximum absolute atomic E-state index is 12.8. The monoisotopic (exact) mass is 347 g/mol. The minimum atomic E-state index is -1.04. The number of ether oxygens (including phenoxy) is 1. The topological polar surface area (TPSA) is 92.9 Å². The molecule has 1 amide bonds. The highest BCUT2D eigenvalue weighted by Gasteiger charge is 2.28. The molecular formula is C18H25N3O4. The summed E-state index contributed by atoms with van der Waals surface area (Å²) in [5, 5.41) is 12.1. The molecule has 0 bridgehead atoms. The zero-order valence-corrected chi connectivity index (χ0v) is 15.1. The largest absolute Gasteiger partial charge is 0.490 e. The lowest BCUT2D eigenvalue weighted by molar-refractivity contribution is -0.140. The predicted octanol–water partition coefficient (Wildman–Crippen LogP) is 2.52. The number of nitrogens with zero attached hydrogens (tertiary/aromatic N) is 2. The number of fused-ring (bicyclic) bond motifs is 1. The Hall–Kier alpha value is -2.57. The summed E-state index contributed by atoms with van der Waals surface area (Å²) in [6, 6.07) is 2.63. The molecule has 0 aliphatic carbocycles. The van der Waals surface area contributed by atoms with Crippen molar-refractivity contribution in [3.05, 3.63) is 29.7 Å². The van der Waals surface area contributed by atoms with Gasteiger partial charge in [0.1, 0.15) is 11.7 Å². The molecule has 0 radical (unpaired) electrons. The van der Waals surface area contributed by atoms with Gasteiger partial charge in [-0.1, -0.05) is 27.2 Å². The highest BCUT2D eigenvalue weighted by molar-refractivity contribution is 5.97. The smallest absolute Gasteiger partial charge is 0.326 e. The molecule has 0 fully saturated rings. The molecule has 0 spiro atoms. The molecule has 0 saturated carbocycles. The van der Waals surface area contributed by atoms with Crippen LogP contribution in [0.5, 0.6) is 5.75 Å². The maximum Gasteiger partial charge on any atom is 0.326 e. The highest BCUT2D eigenvalue weighted by atomic mass is 16.5. The first-order chi connectivity index (χ1) is 11.9. The van der Waals surface area contributed by atoms with E-state index in [2.05, 4.69) is 10.3 Å². The summed E-state index contributed by atoms with van der Waals surface area (Å²) in [4.78, 5) is 28.9. The SMILES string of the molecule is CCOc1cccn2c(C(=O)NC(C(=O)O)C(C)CC)c(CC)nc12. The number of aliphatic carboxylic acids is 1. The van der Waals surface area contributed by atoms with Crippen LogP contribution in [0.25, 0.3) is 5.65 Å². The Morgan fingerprint density at radius 1 is 1.36 bits per heavy atom. The van der Waals surface area contributed by atoms with E-state index in [1.54, 1.807) is 22.7 Å². The van der Waals surface area contributed by atoms with Gasteiger partial charge in [0.05, 0.1) is 12.3 Å². The number of amides is 1. The summed E-state index contributed by atoms with van der Waals surface area (Å²) in [5.74, 6) is -1.06. The average Bonchev–Trinajstić information content (AvgIpc) is 2.98. The fraction of sp³-hybridized carbons (Fsp3) is 0.500. The fourth-order valence-electron chi connectivity index (χ4n) is 2.74. The van der Waals surface area contributed by atoms with Gasteiger partial charge in [-0.3, -0.25) is 9.20 Å². The second-order valence-corrected chi connectivity index (χ2v) is 5.93. The first kappa shape index (κ1) is 18.8. The number of carboxylic acids is 1. The molecule has 0 saturated heterocycles. The van der Waals surface area contributed by atoms with Crippen molar-refractivity contribution < 1.29 is 19.4 Å². The fourth-order valence-corrected chi connectivity index (χ4v) is 2.74. The molecule has 0 aliphatic heterocycles. The van der Waals surface area contributed by atoms with E-state index in [1.807, 2.05) is 27.7 Å². The van der Waals surface area contributed by atoms with Gasteiger partial charge in [0.2, 0.25) is 0 Å². The number of aromatic nitrogens is 2. The van der Waals surface area contributed by atoms with Gasteiger partial charge >= 0.3 is 5.97 Å². The minimum Gasteiger partial charge on any atom is -0.490 e. The molecule has 2 aromatic heterocycles. The van der Waals surface area contributed by atoms with Gasteiger partial charge in [0.15, 0.2) is 11.4 Å². The number of carbonyl (C=O) groups excluding carboxylic acids is 1. The van der Waals surface area contributed by atoms with Crippen molar-refractivity contribution in [1.29, 1.82) is 0 Å². The average molecular weight is 347 g/mol. The molecule has 2 atom stereocenters. The Morgan fingerprint density at radius 2 is 2.08 bits per heavy atom. The summed E-state index contributed by atoms with van der Waals surface area (Å²) in [5.41, 5.74) is 1.52. The van der Waals surface area contributed by atoms with E-state index in [-0.39, 0.29) is 5.92 Å². The van der Waals surface area contributed by atoms with E-state index < -0.39 is 17.9 Å². The molecule has 2 N–H and O–H groups in total. The first-order valence-corrected chi connectivity index (χ1v) is 8.60. The van der Waals surface area contributed by atoms with Crippen LogP contribution in [0.4, 0.5) is 0 Å². The molecule has 2 unspecified atom stereocenters. The number of hydrogen-bond acceptors (Lipinski definition) is 4. The van der Waals surface area contributed by atoms with Crippen molar-refractivity contribution in [2.75, 3.05) is 6.61 Å². The molecule has 136 valence electrons. The third kappa shape index (κ3) is 3.75. The number of pyridine rings is 1. The lowest BCUT2D eigenvalue weighted by Crippen LogP contribution is -2.45. The van der Waals surface area contributed by atoms with E-state index in [0.717, 1.165) is 0 Å². The molecule has 0 aliphatic rings. The van der Waals surface area contributed by atoms with Crippen LogP contribution in [-0.2, 0) is 11.2 Å². The molecule has 7 nitrogen and oxygen atoms in total. The maximum atomic E-state index is 12.8. The van der Waals surface area contributed by atoms with Crippen molar-refractivity contribution in [1.82, 2.24) is 14.7 Å². The molecule has 25 heavy (non-hydrogen) atoms. The Bertz CT molecular complexity index is 769. The first-order valence-electron chi connectivity index (χ1n) is 8.60. The van der Waals surface area contributed by atoms with Gasteiger partial charge in [-0.15, -0.1) is 0 Å². The Balaban J connectivity index is 2.46. The Morgan fingerprint density at radius 3 is 2.64 bits per heavy atom. The summed E-state index contributed by atoms with van der Waals surface area (Å²) in [6.07, 6.45) is 2.94. The highest BCUT2D eigenvalue weighted by Crippen LogP contribution is 2.23. The van der Waals surface area contributed by atoms with Crippen molar-refractivity contribution in [2.45, 2.75) is 46.6 Å². The van der Waals surface area contributed by atoms with Gasteiger partial charge in [-0.2, -0.15) is 0 Å². The van der Waals surface area contributed by atoms with Gasteiger partial charge < -0.3 is 15.2 Å². The Labute approximate surface area is 147 Å². The summed E-state index contributed by atoms with van der Waals surface area (Å²) in [6.45, 7) is 7.98. The van der Waals surface area contributed by atoms with E-state index in [4.69, 9.17) is 4.74 Å². The third-order valence-corrected chi connectivity index (χ3v) is 4.30. The zero-order chi connectivity index (χ0) is 18.6. The van der Waals surface area contributed by atoms with Crippen molar-refractivity contribution in [3.8, 4) is 5.75 Å². The van der Waals surface area contributed by atoms with Gasteiger partial charge in [-0.25, -0.2) is 9.78 Å². The van der Waals surface area contributed by atoms with Crippen molar-refractivity contribution in [2.24, 2.45) is 5.92 Å².